The number of allylic oxidation sites excluding steroid dienone is 1. The fraction of sp³-hybridized carbons (Fsp3) is 0.500. The lowest BCUT2D eigenvalue weighted by Gasteiger charge is -2.44. The smallest absolute Gasteiger partial charge is 0.258 e. The second-order valence-corrected chi connectivity index (χ2v) is 9.51. The van der Waals surface area contributed by atoms with Crippen molar-refractivity contribution in [3.05, 3.63) is 52.3 Å². The number of hydrogen-bond acceptors (Lipinski definition) is 6. The van der Waals surface area contributed by atoms with Gasteiger partial charge in [0.2, 0.25) is 0 Å². The van der Waals surface area contributed by atoms with E-state index in [1.165, 1.54) is 5.56 Å². The molecule has 0 amide bonds. The summed E-state index contributed by atoms with van der Waals surface area (Å²) in [6.07, 6.45) is 4.53. The lowest BCUT2D eigenvalue weighted by Crippen LogP contribution is -2.48. The number of nitrogens with zero attached hydrogens (tertiary/aromatic N) is 3. The van der Waals surface area contributed by atoms with Gasteiger partial charge in [-0.15, -0.1) is 6.58 Å². The molecule has 31 heavy (non-hydrogen) atoms. The van der Waals surface area contributed by atoms with Crippen LogP contribution in [0.25, 0.3) is 11.3 Å². The molecular formula is C24H31N3O3S. The van der Waals surface area contributed by atoms with Gasteiger partial charge in [-0.25, -0.2) is 4.98 Å². The van der Waals surface area contributed by atoms with Crippen LogP contribution in [0.4, 0.5) is 0 Å². The van der Waals surface area contributed by atoms with Crippen LogP contribution in [0.2, 0.25) is 0 Å². The Morgan fingerprint density at radius 3 is 2.74 bits per heavy atom. The standard InChI is InChI=1S/C24H31N3O3S/c1-5-10-27-22(28)20-21(25-23(27)31-14-13-29-3)19-7-6-18(30-4)15-17(19)16-24(20)8-11-26(2)12-9-24/h5-7,15H,1,8-14,16H2,2-4H3. The van der Waals surface area contributed by atoms with Crippen molar-refractivity contribution in [3.63, 3.8) is 0 Å². The van der Waals surface area contributed by atoms with E-state index in [1.54, 1.807) is 36.6 Å². The van der Waals surface area contributed by atoms with Gasteiger partial charge < -0.3 is 14.4 Å². The van der Waals surface area contributed by atoms with Crippen LogP contribution in [-0.4, -0.2) is 61.2 Å². The van der Waals surface area contributed by atoms with Crippen molar-refractivity contribution in [1.29, 1.82) is 0 Å². The van der Waals surface area contributed by atoms with Crippen LogP contribution in [0.5, 0.6) is 5.75 Å². The van der Waals surface area contributed by atoms with Crippen molar-refractivity contribution in [1.82, 2.24) is 14.5 Å². The Kier molecular flexibility index (Phi) is 6.55. The number of methoxy groups -OCH3 is 2. The normalized spacial score (nSPS) is 17.3. The maximum absolute atomic E-state index is 13.9. The fourth-order valence-electron chi connectivity index (χ4n) is 4.83. The van der Waals surface area contributed by atoms with E-state index in [2.05, 4.69) is 30.7 Å². The molecule has 1 fully saturated rings. The van der Waals surface area contributed by atoms with Crippen molar-refractivity contribution in [2.24, 2.45) is 0 Å². The Labute approximate surface area is 188 Å². The van der Waals surface area contributed by atoms with Crippen molar-refractivity contribution in [3.8, 4) is 17.0 Å². The van der Waals surface area contributed by atoms with Gasteiger partial charge in [0.1, 0.15) is 5.75 Å². The number of likely N-dealkylation sites (tertiary alicyclic amines) is 1. The number of aromatic nitrogens is 2. The summed E-state index contributed by atoms with van der Waals surface area (Å²) in [4.78, 5) is 21.4. The van der Waals surface area contributed by atoms with Crippen LogP contribution in [0, 0.1) is 0 Å². The molecular weight excluding hydrogens is 410 g/mol. The van der Waals surface area contributed by atoms with Crippen molar-refractivity contribution in [2.75, 3.05) is 46.7 Å². The molecule has 2 aliphatic rings. The Bertz CT molecular complexity index is 1030. The zero-order valence-electron chi connectivity index (χ0n) is 18.6. The number of hydrogen-bond donors (Lipinski definition) is 0. The van der Waals surface area contributed by atoms with E-state index in [9.17, 15) is 4.79 Å². The highest BCUT2D eigenvalue weighted by molar-refractivity contribution is 7.99. The number of fused-ring (bicyclic) bond motifs is 4. The van der Waals surface area contributed by atoms with Crippen LogP contribution in [0.1, 0.15) is 24.0 Å². The lowest BCUT2D eigenvalue weighted by atomic mass is 9.64. The van der Waals surface area contributed by atoms with Gasteiger partial charge >= 0.3 is 0 Å². The molecule has 1 spiro atoms. The molecule has 1 aliphatic carbocycles. The van der Waals surface area contributed by atoms with Crippen LogP contribution >= 0.6 is 11.8 Å². The molecule has 166 valence electrons. The third-order valence-corrected chi connectivity index (χ3v) is 7.48. The Hall–Kier alpha value is -2.09. The SMILES string of the molecule is C=CCn1c(SCCOC)nc2c(c1=O)C1(CCN(C)CC1)Cc1cc(OC)ccc1-2. The summed E-state index contributed by atoms with van der Waals surface area (Å²) in [5.74, 6) is 1.59. The molecule has 2 aromatic rings. The maximum Gasteiger partial charge on any atom is 0.258 e. The highest BCUT2D eigenvalue weighted by Crippen LogP contribution is 2.47. The van der Waals surface area contributed by atoms with Crippen LogP contribution in [0.3, 0.4) is 0 Å². The summed E-state index contributed by atoms with van der Waals surface area (Å²) >= 11 is 1.56. The second kappa shape index (κ2) is 9.18. The molecule has 0 N–H and O–H groups in total. The highest BCUT2D eigenvalue weighted by atomic mass is 32.2. The van der Waals surface area contributed by atoms with Gasteiger partial charge in [-0.1, -0.05) is 17.8 Å². The second-order valence-electron chi connectivity index (χ2n) is 8.45. The molecule has 0 saturated carbocycles. The number of piperidine rings is 1. The van der Waals surface area contributed by atoms with E-state index in [0.717, 1.165) is 65.8 Å². The van der Waals surface area contributed by atoms with E-state index < -0.39 is 0 Å². The van der Waals surface area contributed by atoms with Gasteiger partial charge in [-0.05, 0) is 63.2 Å². The van der Waals surface area contributed by atoms with Crippen molar-refractivity contribution >= 4 is 11.8 Å². The van der Waals surface area contributed by atoms with E-state index in [-0.39, 0.29) is 11.0 Å². The Morgan fingerprint density at radius 1 is 1.29 bits per heavy atom. The Morgan fingerprint density at radius 2 is 2.06 bits per heavy atom. The van der Waals surface area contributed by atoms with E-state index >= 15 is 0 Å². The minimum atomic E-state index is -0.191. The maximum atomic E-state index is 13.9. The average Bonchev–Trinajstić information content (AvgIpc) is 2.77. The molecule has 0 unspecified atom stereocenters. The molecule has 0 radical (unpaired) electrons. The van der Waals surface area contributed by atoms with Crippen molar-refractivity contribution in [2.45, 2.75) is 36.4 Å². The van der Waals surface area contributed by atoms with Crippen molar-refractivity contribution < 1.29 is 9.47 Å². The number of thioether (sulfide) groups is 1. The molecule has 1 aliphatic heterocycles. The molecule has 4 rings (SSSR count). The average molecular weight is 442 g/mol. The topological polar surface area (TPSA) is 56.6 Å². The monoisotopic (exact) mass is 441 g/mol. The first-order valence-corrected chi connectivity index (χ1v) is 11.8. The summed E-state index contributed by atoms with van der Waals surface area (Å²) in [5.41, 5.74) is 3.89. The fourth-order valence-corrected chi connectivity index (χ4v) is 5.73. The number of ether oxygens (including phenoxy) is 2. The summed E-state index contributed by atoms with van der Waals surface area (Å²) < 4.78 is 12.5. The van der Waals surface area contributed by atoms with E-state index in [1.807, 2.05) is 6.07 Å². The molecule has 0 atom stereocenters. The van der Waals surface area contributed by atoms with Gasteiger partial charge in [0, 0.05) is 30.4 Å². The number of benzene rings is 1. The Balaban J connectivity index is 1.93. The molecule has 2 heterocycles. The quantitative estimate of drug-likeness (QED) is 0.284. The zero-order chi connectivity index (χ0) is 22.0. The predicted molar refractivity (Wildman–Crippen MR) is 125 cm³/mol. The summed E-state index contributed by atoms with van der Waals surface area (Å²) in [6.45, 7) is 6.89. The third kappa shape index (κ3) is 4.06. The minimum absolute atomic E-state index is 0.0795. The first-order valence-electron chi connectivity index (χ1n) is 10.8. The van der Waals surface area contributed by atoms with E-state index in [0.29, 0.717) is 13.2 Å². The molecule has 1 aromatic carbocycles. The molecule has 7 heteroatoms. The molecule has 0 bridgehead atoms. The van der Waals surface area contributed by atoms with Crippen LogP contribution in [-0.2, 0) is 23.1 Å². The largest absolute Gasteiger partial charge is 0.497 e. The summed E-state index contributed by atoms with van der Waals surface area (Å²) in [7, 11) is 5.53. The molecule has 6 nitrogen and oxygen atoms in total. The van der Waals surface area contributed by atoms with E-state index in [4.69, 9.17) is 14.5 Å². The summed E-state index contributed by atoms with van der Waals surface area (Å²) in [5, 5.41) is 0.729. The van der Waals surface area contributed by atoms with Gasteiger partial charge in [-0.2, -0.15) is 0 Å². The van der Waals surface area contributed by atoms with Gasteiger partial charge in [0.05, 0.1) is 25.0 Å². The minimum Gasteiger partial charge on any atom is -0.497 e. The summed E-state index contributed by atoms with van der Waals surface area (Å²) in [6, 6.07) is 6.14. The highest BCUT2D eigenvalue weighted by Gasteiger charge is 2.44. The zero-order valence-corrected chi connectivity index (χ0v) is 19.5. The first-order chi connectivity index (χ1) is 15.0. The molecule has 1 aromatic heterocycles. The third-order valence-electron chi connectivity index (χ3n) is 6.54. The van der Waals surface area contributed by atoms with Crippen LogP contribution < -0.4 is 10.3 Å². The van der Waals surface area contributed by atoms with Gasteiger partial charge in [-0.3, -0.25) is 9.36 Å². The number of rotatable bonds is 7. The van der Waals surface area contributed by atoms with Gasteiger partial charge in [0.15, 0.2) is 5.16 Å². The first kappa shape index (κ1) is 22.1. The van der Waals surface area contributed by atoms with Gasteiger partial charge in [0.25, 0.3) is 5.56 Å². The predicted octanol–water partition coefficient (Wildman–Crippen LogP) is 3.36. The van der Waals surface area contributed by atoms with Crippen LogP contribution in [0.15, 0.2) is 40.8 Å². The molecule has 1 saturated heterocycles. The lowest BCUT2D eigenvalue weighted by molar-refractivity contribution is 0.182.